The summed E-state index contributed by atoms with van der Waals surface area (Å²) in [6.07, 6.45) is 9.29. The number of rotatable bonds is 8. The van der Waals surface area contributed by atoms with E-state index in [0.717, 1.165) is 30.6 Å². The Bertz CT molecular complexity index is 1250. The Morgan fingerprint density at radius 1 is 1.34 bits per heavy atom. The van der Waals surface area contributed by atoms with Crippen LogP contribution in [0.15, 0.2) is 71.6 Å². The lowest BCUT2D eigenvalue weighted by Crippen LogP contribution is -2.25. The fraction of sp³-hybridized carbons (Fsp3) is 0.286. The van der Waals surface area contributed by atoms with Crippen molar-refractivity contribution >= 4 is 34.8 Å². The summed E-state index contributed by atoms with van der Waals surface area (Å²) in [5, 5.41) is 11.9. The first-order valence-electron chi connectivity index (χ1n) is 11.9. The highest BCUT2D eigenvalue weighted by Crippen LogP contribution is 2.37. The van der Waals surface area contributed by atoms with Crippen molar-refractivity contribution in [1.82, 2.24) is 9.88 Å². The Kier molecular flexibility index (Phi) is 6.96. The van der Waals surface area contributed by atoms with Gasteiger partial charge in [-0.3, -0.25) is 20.2 Å². The number of nitrogens with two attached hydrogens (primary N) is 1. The van der Waals surface area contributed by atoms with Crippen LogP contribution >= 0.6 is 0 Å². The summed E-state index contributed by atoms with van der Waals surface area (Å²) in [4.78, 5) is 24.5. The first-order chi connectivity index (χ1) is 16.8. The molecule has 1 saturated carbocycles. The van der Waals surface area contributed by atoms with Gasteiger partial charge in [-0.25, -0.2) is 0 Å². The molecular formula is C28H32N6O. The summed E-state index contributed by atoms with van der Waals surface area (Å²) in [5.74, 6) is 0.525. The lowest BCUT2D eigenvalue weighted by Gasteiger charge is -2.22. The van der Waals surface area contributed by atoms with E-state index in [1.54, 1.807) is 43.7 Å². The molecule has 2 aliphatic rings. The maximum atomic E-state index is 13.8. The molecule has 1 aromatic heterocycles. The minimum atomic E-state index is -0.312. The van der Waals surface area contributed by atoms with Gasteiger partial charge in [0.15, 0.2) is 0 Å². The summed E-state index contributed by atoms with van der Waals surface area (Å²) in [5.41, 5.74) is 11.5. The van der Waals surface area contributed by atoms with Crippen LogP contribution in [-0.4, -0.2) is 41.3 Å². The summed E-state index contributed by atoms with van der Waals surface area (Å²) in [6.45, 7) is 8.80. The van der Waals surface area contributed by atoms with E-state index in [9.17, 15) is 4.79 Å². The second-order valence-corrected chi connectivity index (χ2v) is 9.29. The maximum absolute atomic E-state index is 13.8. The third-order valence-electron chi connectivity index (χ3n) is 6.22. The van der Waals surface area contributed by atoms with Gasteiger partial charge in [-0.05, 0) is 48.9 Å². The number of aliphatic imine (C=N–C) groups is 1. The predicted octanol–water partition coefficient (Wildman–Crippen LogP) is 5.00. The Morgan fingerprint density at radius 2 is 2.11 bits per heavy atom. The molecule has 0 atom stereocenters. The number of allylic oxidation sites excluding steroid dienone is 2. The molecule has 0 unspecified atom stereocenters. The molecule has 0 spiro atoms. The molecule has 7 heteroatoms. The zero-order valence-corrected chi connectivity index (χ0v) is 20.5. The Balaban J connectivity index is 1.80. The number of amides is 1. The van der Waals surface area contributed by atoms with Crippen LogP contribution in [0.2, 0.25) is 0 Å². The summed E-state index contributed by atoms with van der Waals surface area (Å²) in [7, 11) is 1.67. The number of nitrogens with one attached hydrogen (secondary N) is 2. The topological polar surface area (TPSA) is 107 Å². The maximum Gasteiger partial charge on any atom is 0.258 e. The van der Waals surface area contributed by atoms with E-state index in [0.29, 0.717) is 39.7 Å². The molecule has 1 fully saturated rings. The SMILES string of the molecule is C=CC1=CN(CC2CC2)/C(=C(/C(=O)Nc2ccc(N)c(C=NC)c2)c2ccc(C(C)C)nc2)C1=N. The molecule has 7 nitrogen and oxygen atoms in total. The van der Waals surface area contributed by atoms with Gasteiger partial charge < -0.3 is 16.0 Å². The molecule has 0 radical (unpaired) electrons. The number of hydrogen-bond acceptors (Lipinski definition) is 6. The number of carbonyl (C=O) groups is 1. The molecule has 4 N–H and O–H groups in total. The molecule has 0 saturated heterocycles. The summed E-state index contributed by atoms with van der Waals surface area (Å²) < 4.78 is 0. The lowest BCUT2D eigenvalue weighted by molar-refractivity contribution is -0.111. The number of pyridine rings is 1. The zero-order chi connectivity index (χ0) is 25.1. The number of nitrogen functional groups attached to an aromatic ring is 1. The van der Waals surface area contributed by atoms with Gasteiger partial charge in [0.25, 0.3) is 5.91 Å². The van der Waals surface area contributed by atoms with Gasteiger partial charge in [0.2, 0.25) is 0 Å². The van der Waals surface area contributed by atoms with Crippen molar-refractivity contribution in [3.05, 3.63) is 83.5 Å². The largest absolute Gasteiger partial charge is 0.398 e. The molecule has 35 heavy (non-hydrogen) atoms. The predicted molar refractivity (Wildman–Crippen MR) is 144 cm³/mol. The van der Waals surface area contributed by atoms with Gasteiger partial charge in [-0.2, -0.15) is 0 Å². The number of anilines is 2. The lowest BCUT2D eigenvalue weighted by atomic mass is 9.98. The Hall–Kier alpha value is -4.00. The van der Waals surface area contributed by atoms with E-state index in [1.807, 2.05) is 23.2 Å². The average molecular weight is 469 g/mol. The van der Waals surface area contributed by atoms with Crippen molar-refractivity contribution in [2.75, 3.05) is 24.6 Å². The molecular weight excluding hydrogens is 436 g/mol. The van der Waals surface area contributed by atoms with Crippen molar-refractivity contribution in [1.29, 1.82) is 5.41 Å². The van der Waals surface area contributed by atoms with E-state index in [1.165, 1.54) is 0 Å². The van der Waals surface area contributed by atoms with Crippen LogP contribution < -0.4 is 11.1 Å². The number of aromatic nitrogens is 1. The van der Waals surface area contributed by atoms with Gasteiger partial charge in [-0.1, -0.05) is 32.6 Å². The van der Waals surface area contributed by atoms with Crippen LogP contribution in [0, 0.1) is 11.3 Å². The van der Waals surface area contributed by atoms with E-state index < -0.39 is 0 Å². The van der Waals surface area contributed by atoms with E-state index in [-0.39, 0.29) is 17.5 Å². The second kappa shape index (κ2) is 10.1. The Labute approximate surface area is 206 Å². The third kappa shape index (κ3) is 5.24. The first-order valence-corrected chi connectivity index (χ1v) is 11.9. The Morgan fingerprint density at radius 3 is 2.71 bits per heavy atom. The minimum absolute atomic E-state index is 0.271. The minimum Gasteiger partial charge on any atom is -0.398 e. The molecule has 180 valence electrons. The smallest absolute Gasteiger partial charge is 0.258 e. The van der Waals surface area contributed by atoms with E-state index in [4.69, 9.17) is 11.1 Å². The van der Waals surface area contributed by atoms with Crippen LogP contribution in [0.4, 0.5) is 11.4 Å². The fourth-order valence-electron chi connectivity index (χ4n) is 4.09. The van der Waals surface area contributed by atoms with Gasteiger partial charge in [0, 0.05) is 66.0 Å². The number of nitrogens with zero attached hydrogens (tertiary/aromatic N) is 3. The van der Waals surface area contributed by atoms with Crippen LogP contribution in [0.5, 0.6) is 0 Å². The van der Waals surface area contributed by atoms with Crippen molar-refractivity contribution in [2.24, 2.45) is 10.9 Å². The third-order valence-corrected chi connectivity index (χ3v) is 6.22. The van der Waals surface area contributed by atoms with E-state index >= 15 is 0 Å². The highest BCUT2D eigenvalue weighted by molar-refractivity contribution is 6.33. The van der Waals surface area contributed by atoms with Crippen molar-refractivity contribution in [3.63, 3.8) is 0 Å². The van der Waals surface area contributed by atoms with Crippen LogP contribution in [0.25, 0.3) is 5.57 Å². The van der Waals surface area contributed by atoms with Crippen LogP contribution in [0.1, 0.15) is 49.4 Å². The quantitative estimate of drug-likeness (QED) is 0.288. The second-order valence-electron chi connectivity index (χ2n) is 9.29. The van der Waals surface area contributed by atoms with Crippen LogP contribution in [-0.2, 0) is 4.79 Å². The summed E-state index contributed by atoms with van der Waals surface area (Å²) in [6, 6.07) is 9.15. The van der Waals surface area contributed by atoms with Gasteiger partial charge in [0.05, 0.1) is 17.0 Å². The molecule has 1 amide bonds. The zero-order valence-electron chi connectivity index (χ0n) is 20.5. The summed E-state index contributed by atoms with van der Waals surface area (Å²) >= 11 is 0. The molecule has 0 bridgehead atoms. The highest BCUT2D eigenvalue weighted by Gasteiger charge is 2.34. The van der Waals surface area contributed by atoms with Crippen LogP contribution in [0.3, 0.4) is 0 Å². The number of carbonyl (C=O) groups excluding carboxylic acids is 1. The fourth-order valence-corrected chi connectivity index (χ4v) is 4.09. The van der Waals surface area contributed by atoms with Crippen molar-refractivity contribution in [3.8, 4) is 0 Å². The molecule has 2 heterocycles. The van der Waals surface area contributed by atoms with Gasteiger partial charge in [0.1, 0.15) is 0 Å². The monoisotopic (exact) mass is 468 g/mol. The molecule has 4 rings (SSSR count). The molecule has 2 aromatic rings. The average Bonchev–Trinajstić information content (AvgIpc) is 3.60. The molecule has 1 aromatic carbocycles. The molecule has 1 aliphatic carbocycles. The number of hydrogen-bond donors (Lipinski definition) is 3. The normalized spacial score (nSPS) is 17.2. The molecule has 1 aliphatic heterocycles. The standard InChI is InChI=1S/C28H32N6O/c1-5-19-16-34(15-18-6-7-18)27(26(19)30)25(20-8-11-24(17(2)3)32-14-20)28(35)33-22-9-10-23(29)21(12-22)13-31-4/h5,8-14,16-18,30H,1,6-7,15,29H2,2-4H3,(H,33,35)/b27-25+,30-26?,31-13?. The van der Waals surface area contributed by atoms with E-state index in [2.05, 4.69) is 35.7 Å². The van der Waals surface area contributed by atoms with Gasteiger partial charge in [-0.15, -0.1) is 0 Å². The van der Waals surface area contributed by atoms with Crippen molar-refractivity contribution in [2.45, 2.75) is 32.6 Å². The highest BCUT2D eigenvalue weighted by atomic mass is 16.1. The van der Waals surface area contributed by atoms with Gasteiger partial charge >= 0.3 is 0 Å². The number of benzene rings is 1. The first kappa shape index (κ1) is 24.1. The van der Waals surface area contributed by atoms with Crippen molar-refractivity contribution < 1.29 is 4.79 Å².